The lowest BCUT2D eigenvalue weighted by molar-refractivity contribution is -0.145. The van der Waals surface area contributed by atoms with E-state index in [0.717, 1.165) is 18.3 Å². The third-order valence-electron chi connectivity index (χ3n) is 2.28. The van der Waals surface area contributed by atoms with E-state index >= 15 is 0 Å². The van der Waals surface area contributed by atoms with Crippen LogP contribution in [0.15, 0.2) is 18.3 Å². The molecular weight excluding hydrogens is 253 g/mol. The first-order chi connectivity index (χ1) is 8.34. The molecule has 0 amide bonds. The molecule has 0 aliphatic rings. The third kappa shape index (κ3) is 1.81. The summed E-state index contributed by atoms with van der Waals surface area (Å²) in [6, 6.07) is 2.21. The Morgan fingerprint density at radius 3 is 2.56 bits per heavy atom. The van der Waals surface area contributed by atoms with Crippen LogP contribution in [0.4, 0.5) is 13.2 Å². The van der Waals surface area contributed by atoms with Crippen LogP contribution in [0, 0.1) is 0 Å². The van der Waals surface area contributed by atoms with Crippen molar-refractivity contribution in [2.75, 3.05) is 0 Å². The molecule has 5 nitrogen and oxygen atoms in total. The van der Waals surface area contributed by atoms with Gasteiger partial charge in [0.05, 0.1) is 11.1 Å². The first-order valence-electron chi connectivity index (χ1n) is 4.62. The van der Waals surface area contributed by atoms with E-state index in [4.69, 9.17) is 5.11 Å². The van der Waals surface area contributed by atoms with Gasteiger partial charge in [0.1, 0.15) is 5.69 Å². The van der Waals surface area contributed by atoms with Crippen molar-refractivity contribution in [3.63, 3.8) is 0 Å². The second-order valence-corrected chi connectivity index (χ2v) is 3.41. The number of aromatic carboxylic acids is 1. The highest BCUT2D eigenvalue weighted by atomic mass is 19.4. The van der Waals surface area contributed by atoms with Gasteiger partial charge in [0.15, 0.2) is 6.29 Å². The zero-order valence-corrected chi connectivity index (χ0v) is 8.60. The summed E-state index contributed by atoms with van der Waals surface area (Å²) in [5.41, 5.74) is -0.815. The van der Waals surface area contributed by atoms with Gasteiger partial charge in [-0.1, -0.05) is 0 Å². The Kier molecular flexibility index (Phi) is 2.57. The van der Waals surface area contributed by atoms with Crippen molar-refractivity contribution >= 4 is 17.8 Å². The number of carboxylic acid groups (broad SMARTS) is 1. The molecule has 0 fully saturated rings. The SMILES string of the molecule is O=Cc1nc(C(F)(F)F)n2cc(C(=O)O)ccc12. The average molecular weight is 258 g/mol. The smallest absolute Gasteiger partial charge is 0.450 e. The standard InChI is InChI=1S/C10H5F3N2O3/c11-10(12,13)9-14-6(4-16)7-2-1-5(8(17)18)3-15(7)9/h1-4H,(H,17,18). The van der Waals surface area contributed by atoms with Crippen LogP contribution in [0.3, 0.4) is 0 Å². The van der Waals surface area contributed by atoms with Crippen LogP contribution in [0.2, 0.25) is 0 Å². The minimum Gasteiger partial charge on any atom is -0.478 e. The Labute approximate surface area is 97.5 Å². The summed E-state index contributed by atoms with van der Waals surface area (Å²) in [6.07, 6.45) is -3.81. The van der Waals surface area contributed by atoms with Crippen molar-refractivity contribution in [2.45, 2.75) is 6.18 Å². The summed E-state index contributed by atoms with van der Waals surface area (Å²) >= 11 is 0. The number of hydrogen-bond donors (Lipinski definition) is 1. The van der Waals surface area contributed by atoms with Gasteiger partial charge in [0.25, 0.3) is 0 Å². The van der Waals surface area contributed by atoms with Gasteiger partial charge < -0.3 is 5.11 Å². The molecule has 0 spiro atoms. The number of carbonyl (C=O) groups excluding carboxylic acids is 1. The number of aromatic nitrogens is 2. The van der Waals surface area contributed by atoms with Gasteiger partial charge in [0.2, 0.25) is 5.82 Å². The molecule has 8 heteroatoms. The monoisotopic (exact) mass is 258 g/mol. The fourth-order valence-electron chi connectivity index (χ4n) is 1.52. The van der Waals surface area contributed by atoms with Crippen LogP contribution in [0.1, 0.15) is 26.7 Å². The second kappa shape index (κ2) is 3.83. The highest BCUT2D eigenvalue weighted by Gasteiger charge is 2.37. The average Bonchev–Trinajstić information content (AvgIpc) is 2.66. The molecule has 2 aromatic heterocycles. The molecule has 2 aromatic rings. The minimum atomic E-state index is -4.78. The molecule has 0 aliphatic carbocycles. The van der Waals surface area contributed by atoms with E-state index in [-0.39, 0.29) is 23.1 Å². The van der Waals surface area contributed by atoms with Crippen molar-refractivity contribution in [1.82, 2.24) is 9.38 Å². The molecule has 0 unspecified atom stereocenters. The van der Waals surface area contributed by atoms with E-state index in [1.807, 2.05) is 0 Å². The number of aldehydes is 1. The number of hydrogen-bond acceptors (Lipinski definition) is 3. The first kappa shape index (κ1) is 12.1. The zero-order valence-electron chi connectivity index (χ0n) is 8.60. The molecule has 0 aliphatic heterocycles. The Balaban J connectivity index is 2.82. The van der Waals surface area contributed by atoms with Crippen LogP contribution >= 0.6 is 0 Å². The number of pyridine rings is 1. The maximum Gasteiger partial charge on any atom is 0.450 e. The molecule has 94 valence electrons. The van der Waals surface area contributed by atoms with Gasteiger partial charge in [-0.15, -0.1) is 0 Å². The molecule has 2 rings (SSSR count). The van der Waals surface area contributed by atoms with Crippen LogP contribution in [-0.2, 0) is 6.18 Å². The number of alkyl halides is 3. The van der Waals surface area contributed by atoms with Crippen LogP contribution in [0.5, 0.6) is 0 Å². The molecular formula is C10H5F3N2O3. The third-order valence-corrected chi connectivity index (χ3v) is 2.28. The van der Waals surface area contributed by atoms with Crippen molar-refractivity contribution in [2.24, 2.45) is 0 Å². The fraction of sp³-hybridized carbons (Fsp3) is 0.100. The number of nitrogens with zero attached hydrogens (tertiary/aromatic N) is 2. The number of fused-ring (bicyclic) bond motifs is 1. The Bertz CT molecular complexity index is 646. The highest BCUT2D eigenvalue weighted by molar-refractivity contribution is 5.89. The first-order valence-corrected chi connectivity index (χ1v) is 4.62. The van der Waals surface area contributed by atoms with E-state index in [2.05, 4.69) is 4.98 Å². The molecule has 0 radical (unpaired) electrons. The second-order valence-electron chi connectivity index (χ2n) is 3.41. The Morgan fingerprint density at radius 1 is 1.39 bits per heavy atom. The largest absolute Gasteiger partial charge is 0.478 e. The molecule has 0 saturated heterocycles. The van der Waals surface area contributed by atoms with E-state index in [1.165, 1.54) is 0 Å². The summed E-state index contributed by atoms with van der Waals surface area (Å²) in [6.45, 7) is 0. The summed E-state index contributed by atoms with van der Waals surface area (Å²) in [5, 5.41) is 8.72. The van der Waals surface area contributed by atoms with Gasteiger partial charge in [0, 0.05) is 6.20 Å². The summed E-state index contributed by atoms with van der Waals surface area (Å²) in [4.78, 5) is 24.5. The fourth-order valence-corrected chi connectivity index (χ4v) is 1.52. The normalized spacial score (nSPS) is 11.7. The quantitative estimate of drug-likeness (QED) is 0.834. The van der Waals surface area contributed by atoms with E-state index < -0.39 is 18.0 Å². The van der Waals surface area contributed by atoms with Crippen LogP contribution in [-0.4, -0.2) is 26.7 Å². The molecule has 0 atom stereocenters. The highest BCUT2D eigenvalue weighted by Crippen LogP contribution is 2.30. The van der Waals surface area contributed by atoms with Crippen LogP contribution in [0.25, 0.3) is 5.52 Å². The lowest BCUT2D eigenvalue weighted by Gasteiger charge is -2.05. The van der Waals surface area contributed by atoms with Gasteiger partial charge in [-0.2, -0.15) is 13.2 Å². The lowest BCUT2D eigenvalue weighted by atomic mass is 10.2. The lowest BCUT2D eigenvalue weighted by Crippen LogP contribution is -2.11. The maximum absolute atomic E-state index is 12.7. The predicted molar refractivity (Wildman–Crippen MR) is 52.5 cm³/mol. The molecule has 18 heavy (non-hydrogen) atoms. The molecule has 0 saturated carbocycles. The topological polar surface area (TPSA) is 71.7 Å². The molecule has 0 bridgehead atoms. The summed E-state index contributed by atoms with van der Waals surface area (Å²) < 4.78 is 38.5. The Morgan fingerprint density at radius 2 is 2.06 bits per heavy atom. The van der Waals surface area contributed by atoms with Gasteiger partial charge in [-0.05, 0) is 12.1 Å². The van der Waals surface area contributed by atoms with E-state index in [0.29, 0.717) is 4.40 Å². The number of rotatable bonds is 2. The Hall–Kier alpha value is -2.38. The minimum absolute atomic E-state index is 0.0951. The number of carboxylic acids is 1. The van der Waals surface area contributed by atoms with Crippen molar-refractivity contribution in [1.29, 1.82) is 0 Å². The summed E-state index contributed by atoms with van der Waals surface area (Å²) in [7, 11) is 0. The van der Waals surface area contributed by atoms with Gasteiger partial charge in [-0.3, -0.25) is 9.20 Å². The molecule has 1 N–H and O–H groups in total. The number of halogens is 3. The summed E-state index contributed by atoms with van der Waals surface area (Å²) in [5.74, 6) is -2.70. The number of imidazole rings is 1. The van der Waals surface area contributed by atoms with Crippen molar-refractivity contribution < 1.29 is 27.9 Å². The van der Waals surface area contributed by atoms with E-state index in [1.54, 1.807) is 0 Å². The molecule has 2 heterocycles. The van der Waals surface area contributed by atoms with Crippen molar-refractivity contribution in [3.8, 4) is 0 Å². The van der Waals surface area contributed by atoms with Gasteiger partial charge >= 0.3 is 12.1 Å². The van der Waals surface area contributed by atoms with Crippen LogP contribution < -0.4 is 0 Å². The predicted octanol–water partition coefficient (Wildman–Crippen LogP) is 1.86. The van der Waals surface area contributed by atoms with E-state index in [9.17, 15) is 22.8 Å². The maximum atomic E-state index is 12.7. The number of carbonyl (C=O) groups is 2. The molecule has 0 aromatic carbocycles. The van der Waals surface area contributed by atoms with Gasteiger partial charge in [-0.25, -0.2) is 9.78 Å². The zero-order chi connectivity index (χ0) is 13.5. The van der Waals surface area contributed by atoms with Crippen molar-refractivity contribution in [3.05, 3.63) is 35.4 Å².